The van der Waals surface area contributed by atoms with Gasteiger partial charge in [0.2, 0.25) is 0 Å². The van der Waals surface area contributed by atoms with Gasteiger partial charge in [0.1, 0.15) is 0 Å². The monoisotopic (exact) mass is 735 g/mol. The minimum Gasteiger partial charge on any atom is -0.310 e. The number of fused-ring (bicyclic) bond motifs is 7. The molecule has 0 fully saturated rings. The zero-order valence-electron chi connectivity index (χ0n) is 29.8. The lowest BCUT2D eigenvalue weighted by molar-refractivity contribution is 1.28. The fourth-order valence-corrected chi connectivity index (χ4v) is 10.5. The third-order valence-electron chi connectivity index (χ3n) is 10.9. The van der Waals surface area contributed by atoms with Gasteiger partial charge in [-0.2, -0.15) is 0 Å². The van der Waals surface area contributed by atoms with Crippen LogP contribution in [0.25, 0.3) is 84.5 Å². The molecule has 0 aliphatic carbocycles. The van der Waals surface area contributed by atoms with Crippen molar-refractivity contribution in [2.45, 2.75) is 0 Å². The van der Waals surface area contributed by atoms with Crippen LogP contribution in [0.15, 0.2) is 200 Å². The first kappa shape index (κ1) is 32.0. The summed E-state index contributed by atoms with van der Waals surface area (Å²) in [7, 11) is 0. The standard InChI is InChI=1S/C52H33NS2/c1-2-10-37-31-38(20-19-34(37)9-1)35-21-26-41(27-22-35)53(42-28-23-36(24-29-42)39-25-30-47-45-13-3-5-17-49(45)54-51(47)33-39)43-12-7-11-40(32-43)44-15-8-16-48-46-14-4-6-18-50(46)55-52(44)48/h1-33H. The number of hydrogen-bond acceptors (Lipinski definition) is 3. The van der Waals surface area contributed by atoms with Crippen LogP contribution in [0.1, 0.15) is 0 Å². The summed E-state index contributed by atoms with van der Waals surface area (Å²) in [6.07, 6.45) is 0. The molecule has 0 unspecified atom stereocenters. The largest absolute Gasteiger partial charge is 0.310 e. The second kappa shape index (κ2) is 13.1. The Kier molecular flexibility index (Phi) is 7.61. The number of rotatable bonds is 6. The van der Waals surface area contributed by atoms with Gasteiger partial charge < -0.3 is 4.90 Å². The molecule has 0 atom stereocenters. The first-order valence-electron chi connectivity index (χ1n) is 18.7. The molecule has 0 bridgehead atoms. The Morgan fingerprint density at radius 2 is 0.855 bits per heavy atom. The maximum atomic E-state index is 2.39. The second-order valence-corrected chi connectivity index (χ2v) is 16.3. The van der Waals surface area contributed by atoms with Crippen molar-refractivity contribution in [1.82, 2.24) is 0 Å². The van der Waals surface area contributed by atoms with Crippen LogP contribution < -0.4 is 4.90 Å². The second-order valence-electron chi connectivity index (χ2n) is 14.1. The van der Waals surface area contributed by atoms with Gasteiger partial charge in [0, 0.05) is 57.4 Å². The number of nitrogens with zero attached hydrogens (tertiary/aromatic N) is 1. The summed E-state index contributed by atoms with van der Waals surface area (Å²) in [5.41, 5.74) is 10.7. The molecular weight excluding hydrogens is 703 g/mol. The summed E-state index contributed by atoms with van der Waals surface area (Å²) >= 11 is 3.74. The molecule has 0 amide bonds. The summed E-state index contributed by atoms with van der Waals surface area (Å²) in [5.74, 6) is 0. The number of thiophene rings is 2. The van der Waals surface area contributed by atoms with Gasteiger partial charge in [0.25, 0.3) is 0 Å². The Hall–Kier alpha value is -6.52. The van der Waals surface area contributed by atoms with Gasteiger partial charge in [-0.1, -0.05) is 140 Å². The topological polar surface area (TPSA) is 3.24 Å². The molecule has 9 aromatic carbocycles. The van der Waals surface area contributed by atoms with E-state index in [0.29, 0.717) is 0 Å². The third-order valence-corrected chi connectivity index (χ3v) is 13.2. The van der Waals surface area contributed by atoms with Crippen LogP contribution in [-0.2, 0) is 0 Å². The minimum absolute atomic E-state index is 1.11. The zero-order valence-corrected chi connectivity index (χ0v) is 31.4. The summed E-state index contributed by atoms with van der Waals surface area (Å²) in [6, 6.07) is 73.4. The predicted octanol–water partition coefficient (Wildman–Crippen LogP) is 16.0. The first-order chi connectivity index (χ1) is 27.2. The van der Waals surface area contributed by atoms with Gasteiger partial charge >= 0.3 is 0 Å². The van der Waals surface area contributed by atoms with Crippen molar-refractivity contribution in [3.8, 4) is 33.4 Å². The summed E-state index contributed by atoms with van der Waals surface area (Å²) in [4.78, 5) is 2.39. The highest BCUT2D eigenvalue weighted by Gasteiger charge is 2.17. The lowest BCUT2D eigenvalue weighted by atomic mass is 10.00. The summed E-state index contributed by atoms with van der Waals surface area (Å²) < 4.78 is 5.30. The van der Waals surface area contributed by atoms with Crippen molar-refractivity contribution in [3.63, 3.8) is 0 Å². The molecule has 0 radical (unpaired) electrons. The van der Waals surface area contributed by atoms with Crippen LogP contribution in [0.5, 0.6) is 0 Å². The van der Waals surface area contributed by atoms with E-state index in [-0.39, 0.29) is 0 Å². The third kappa shape index (κ3) is 5.60. The molecule has 0 aliphatic rings. The lowest BCUT2D eigenvalue weighted by Gasteiger charge is -2.26. The van der Waals surface area contributed by atoms with Crippen LogP contribution in [0.2, 0.25) is 0 Å². The fourth-order valence-electron chi connectivity index (χ4n) is 8.11. The van der Waals surface area contributed by atoms with E-state index in [1.54, 1.807) is 0 Å². The van der Waals surface area contributed by atoms with E-state index in [2.05, 4.69) is 205 Å². The Labute approximate surface area is 327 Å². The van der Waals surface area contributed by atoms with E-state index in [1.807, 2.05) is 22.7 Å². The van der Waals surface area contributed by atoms with Crippen molar-refractivity contribution >= 4 is 90.9 Å². The van der Waals surface area contributed by atoms with Crippen LogP contribution in [0.3, 0.4) is 0 Å². The molecule has 1 nitrogen and oxygen atoms in total. The molecular formula is C52H33NS2. The normalized spacial score (nSPS) is 11.6. The highest BCUT2D eigenvalue weighted by molar-refractivity contribution is 7.26. The molecule has 11 rings (SSSR count). The molecule has 258 valence electrons. The predicted molar refractivity (Wildman–Crippen MR) is 241 cm³/mol. The molecule has 0 spiro atoms. The highest BCUT2D eigenvalue weighted by atomic mass is 32.1. The molecule has 0 aliphatic heterocycles. The van der Waals surface area contributed by atoms with E-state index in [1.165, 1.54) is 84.5 Å². The average molecular weight is 736 g/mol. The van der Waals surface area contributed by atoms with Crippen LogP contribution >= 0.6 is 22.7 Å². The van der Waals surface area contributed by atoms with Crippen LogP contribution in [0, 0.1) is 0 Å². The minimum atomic E-state index is 1.11. The Morgan fingerprint density at radius 3 is 1.62 bits per heavy atom. The van der Waals surface area contributed by atoms with Crippen LogP contribution in [-0.4, -0.2) is 0 Å². The maximum Gasteiger partial charge on any atom is 0.0467 e. The molecule has 55 heavy (non-hydrogen) atoms. The van der Waals surface area contributed by atoms with Gasteiger partial charge in [-0.3, -0.25) is 0 Å². The van der Waals surface area contributed by atoms with E-state index in [0.717, 1.165) is 17.1 Å². The number of anilines is 3. The van der Waals surface area contributed by atoms with Crippen molar-refractivity contribution < 1.29 is 0 Å². The molecule has 11 aromatic rings. The van der Waals surface area contributed by atoms with Crippen molar-refractivity contribution in [2.75, 3.05) is 4.90 Å². The van der Waals surface area contributed by atoms with Gasteiger partial charge in [-0.05, 0) is 105 Å². The number of benzene rings is 9. The van der Waals surface area contributed by atoms with Crippen molar-refractivity contribution in [2.24, 2.45) is 0 Å². The van der Waals surface area contributed by atoms with E-state index in [9.17, 15) is 0 Å². The van der Waals surface area contributed by atoms with Gasteiger partial charge in [0.15, 0.2) is 0 Å². The fraction of sp³-hybridized carbons (Fsp3) is 0. The van der Waals surface area contributed by atoms with Gasteiger partial charge in [0.05, 0.1) is 0 Å². The smallest absolute Gasteiger partial charge is 0.0467 e. The SMILES string of the molecule is c1cc(-c2cccc3c2sc2ccccc23)cc(N(c2ccc(-c3ccc4ccccc4c3)cc2)c2ccc(-c3ccc4c(c3)sc3ccccc34)cc2)c1. The van der Waals surface area contributed by atoms with Crippen molar-refractivity contribution in [3.05, 3.63) is 200 Å². The molecule has 2 aromatic heterocycles. The summed E-state index contributed by atoms with van der Waals surface area (Å²) in [6.45, 7) is 0. The van der Waals surface area contributed by atoms with Gasteiger partial charge in [-0.25, -0.2) is 0 Å². The van der Waals surface area contributed by atoms with E-state index < -0.39 is 0 Å². The zero-order chi connectivity index (χ0) is 36.3. The van der Waals surface area contributed by atoms with Gasteiger partial charge in [-0.15, -0.1) is 22.7 Å². The molecule has 0 saturated heterocycles. The Balaban J connectivity index is 1.01. The van der Waals surface area contributed by atoms with E-state index >= 15 is 0 Å². The molecule has 0 saturated carbocycles. The number of hydrogen-bond donors (Lipinski definition) is 0. The molecule has 0 N–H and O–H groups in total. The first-order valence-corrected chi connectivity index (χ1v) is 20.3. The molecule has 2 heterocycles. The lowest BCUT2D eigenvalue weighted by Crippen LogP contribution is -2.10. The van der Waals surface area contributed by atoms with Crippen LogP contribution in [0.4, 0.5) is 17.1 Å². The summed E-state index contributed by atoms with van der Waals surface area (Å²) in [5, 5.41) is 7.80. The van der Waals surface area contributed by atoms with Crippen molar-refractivity contribution in [1.29, 1.82) is 0 Å². The quantitative estimate of drug-likeness (QED) is 0.164. The maximum absolute atomic E-state index is 2.39. The Bertz CT molecular complexity index is 3200. The average Bonchev–Trinajstić information content (AvgIpc) is 3.82. The molecule has 3 heteroatoms. The highest BCUT2D eigenvalue weighted by Crippen LogP contribution is 2.43. The van der Waals surface area contributed by atoms with E-state index in [4.69, 9.17) is 0 Å². The Morgan fingerprint density at radius 1 is 0.291 bits per heavy atom.